The zero-order valence-electron chi connectivity index (χ0n) is 9.35. The maximum absolute atomic E-state index is 12.8. The van der Waals surface area contributed by atoms with Gasteiger partial charge in [0.25, 0.3) is 0 Å². The SMILES string of the molecule is Nc1ccc(CNC2CCC2)c(C(F)(F)F)c1. The van der Waals surface area contributed by atoms with Crippen LogP contribution in [0, 0.1) is 0 Å². The van der Waals surface area contributed by atoms with Crippen LogP contribution in [0.25, 0.3) is 0 Å². The summed E-state index contributed by atoms with van der Waals surface area (Å²) in [6.45, 7) is 0.250. The second kappa shape index (κ2) is 4.56. The van der Waals surface area contributed by atoms with Crippen molar-refractivity contribution in [3.63, 3.8) is 0 Å². The van der Waals surface area contributed by atoms with Crippen LogP contribution in [0.2, 0.25) is 0 Å². The number of benzene rings is 1. The molecule has 0 heterocycles. The van der Waals surface area contributed by atoms with Crippen LogP contribution in [-0.2, 0) is 12.7 Å². The van der Waals surface area contributed by atoms with Crippen molar-refractivity contribution in [2.45, 2.75) is 38.0 Å². The molecule has 0 unspecified atom stereocenters. The maximum atomic E-state index is 12.8. The first-order chi connectivity index (χ1) is 7.97. The molecule has 2 nitrogen and oxygen atoms in total. The average molecular weight is 244 g/mol. The van der Waals surface area contributed by atoms with E-state index in [1.165, 1.54) is 12.1 Å². The molecule has 0 amide bonds. The third-order valence-electron chi connectivity index (χ3n) is 3.13. The second-order valence-electron chi connectivity index (χ2n) is 4.42. The Kier molecular flexibility index (Phi) is 3.28. The third kappa shape index (κ3) is 2.91. The van der Waals surface area contributed by atoms with E-state index in [0.717, 1.165) is 25.3 Å². The first-order valence-electron chi connectivity index (χ1n) is 5.66. The Labute approximate surface area is 98.0 Å². The van der Waals surface area contributed by atoms with Crippen molar-refractivity contribution >= 4 is 5.69 Å². The van der Waals surface area contributed by atoms with Crippen molar-refractivity contribution in [2.24, 2.45) is 0 Å². The van der Waals surface area contributed by atoms with Crippen molar-refractivity contribution in [3.05, 3.63) is 29.3 Å². The molecule has 0 atom stereocenters. The van der Waals surface area contributed by atoms with Crippen molar-refractivity contribution in [3.8, 4) is 0 Å². The molecule has 1 aliphatic rings. The van der Waals surface area contributed by atoms with Gasteiger partial charge in [-0.3, -0.25) is 0 Å². The van der Waals surface area contributed by atoms with Gasteiger partial charge in [0.05, 0.1) is 5.56 Å². The van der Waals surface area contributed by atoms with Crippen LogP contribution >= 0.6 is 0 Å². The largest absolute Gasteiger partial charge is 0.416 e. The number of halogens is 3. The molecule has 94 valence electrons. The Hall–Kier alpha value is -1.23. The minimum Gasteiger partial charge on any atom is -0.399 e. The first kappa shape index (κ1) is 12.2. The van der Waals surface area contributed by atoms with Crippen molar-refractivity contribution < 1.29 is 13.2 Å². The fraction of sp³-hybridized carbons (Fsp3) is 0.500. The van der Waals surface area contributed by atoms with Crippen LogP contribution in [-0.4, -0.2) is 6.04 Å². The maximum Gasteiger partial charge on any atom is 0.416 e. The average Bonchev–Trinajstić information content (AvgIpc) is 2.16. The minimum absolute atomic E-state index is 0.143. The zero-order valence-corrected chi connectivity index (χ0v) is 9.35. The molecular weight excluding hydrogens is 229 g/mol. The Bertz CT molecular complexity index is 397. The molecule has 0 spiro atoms. The number of anilines is 1. The standard InChI is InChI=1S/C12H15F3N2/c13-12(14,15)11-6-9(16)5-4-8(11)7-17-10-2-1-3-10/h4-6,10,17H,1-3,7,16H2. The van der Waals surface area contributed by atoms with E-state index < -0.39 is 11.7 Å². The highest BCUT2D eigenvalue weighted by Crippen LogP contribution is 2.33. The molecule has 0 saturated heterocycles. The summed E-state index contributed by atoms with van der Waals surface area (Å²) >= 11 is 0. The molecule has 2 rings (SSSR count). The summed E-state index contributed by atoms with van der Waals surface area (Å²) in [5.74, 6) is 0. The molecule has 0 bridgehead atoms. The summed E-state index contributed by atoms with van der Waals surface area (Å²) in [5, 5.41) is 3.13. The van der Waals surface area contributed by atoms with E-state index in [2.05, 4.69) is 5.32 Å². The van der Waals surface area contributed by atoms with Crippen LogP contribution in [0.1, 0.15) is 30.4 Å². The highest BCUT2D eigenvalue weighted by atomic mass is 19.4. The van der Waals surface area contributed by atoms with Gasteiger partial charge >= 0.3 is 6.18 Å². The molecule has 3 N–H and O–H groups in total. The first-order valence-corrected chi connectivity index (χ1v) is 5.66. The number of hydrogen-bond acceptors (Lipinski definition) is 2. The highest BCUT2D eigenvalue weighted by molar-refractivity contribution is 5.46. The summed E-state index contributed by atoms with van der Waals surface area (Å²) < 4.78 is 38.3. The van der Waals surface area contributed by atoms with Gasteiger partial charge < -0.3 is 11.1 Å². The molecule has 1 aromatic carbocycles. The molecule has 1 fully saturated rings. The topological polar surface area (TPSA) is 38.0 Å². The zero-order chi connectivity index (χ0) is 12.5. The molecule has 17 heavy (non-hydrogen) atoms. The lowest BCUT2D eigenvalue weighted by Gasteiger charge is -2.27. The van der Waals surface area contributed by atoms with E-state index in [4.69, 9.17) is 5.73 Å². The molecule has 0 aliphatic heterocycles. The Balaban J connectivity index is 2.13. The van der Waals surface area contributed by atoms with Gasteiger partial charge in [-0.2, -0.15) is 13.2 Å². The van der Waals surface area contributed by atoms with Crippen LogP contribution < -0.4 is 11.1 Å². The number of rotatable bonds is 3. The molecular formula is C12H15F3N2. The fourth-order valence-corrected chi connectivity index (χ4v) is 1.88. The Morgan fingerprint density at radius 3 is 2.53 bits per heavy atom. The minimum atomic E-state index is -4.34. The van der Waals surface area contributed by atoms with Crippen LogP contribution in [0.15, 0.2) is 18.2 Å². The van der Waals surface area contributed by atoms with Gasteiger partial charge in [-0.1, -0.05) is 12.5 Å². The van der Waals surface area contributed by atoms with E-state index in [-0.39, 0.29) is 17.8 Å². The quantitative estimate of drug-likeness (QED) is 0.802. The van der Waals surface area contributed by atoms with E-state index in [1.807, 2.05) is 0 Å². The van der Waals surface area contributed by atoms with E-state index in [1.54, 1.807) is 0 Å². The van der Waals surface area contributed by atoms with Gasteiger partial charge in [-0.25, -0.2) is 0 Å². The summed E-state index contributed by atoms with van der Waals surface area (Å²) in [5.41, 5.74) is 5.17. The third-order valence-corrected chi connectivity index (χ3v) is 3.13. The van der Waals surface area contributed by atoms with E-state index in [0.29, 0.717) is 6.04 Å². The van der Waals surface area contributed by atoms with Gasteiger partial charge in [-0.05, 0) is 30.5 Å². The summed E-state index contributed by atoms with van der Waals surface area (Å²) in [6, 6.07) is 4.32. The smallest absolute Gasteiger partial charge is 0.399 e. The lowest BCUT2D eigenvalue weighted by atomic mass is 9.93. The van der Waals surface area contributed by atoms with Gasteiger partial charge in [-0.15, -0.1) is 0 Å². The van der Waals surface area contributed by atoms with E-state index in [9.17, 15) is 13.2 Å². The second-order valence-corrected chi connectivity index (χ2v) is 4.42. The van der Waals surface area contributed by atoms with Gasteiger partial charge in [0, 0.05) is 18.3 Å². The highest BCUT2D eigenvalue weighted by Gasteiger charge is 2.33. The van der Waals surface area contributed by atoms with Crippen LogP contribution in [0.5, 0.6) is 0 Å². The van der Waals surface area contributed by atoms with Crippen molar-refractivity contribution in [2.75, 3.05) is 5.73 Å². The predicted octanol–water partition coefficient (Wildman–Crippen LogP) is 2.93. The van der Waals surface area contributed by atoms with Gasteiger partial charge in [0.15, 0.2) is 0 Å². The summed E-state index contributed by atoms with van der Waals surface area (Å²) in [6.07, 6.45) is -1.08. The molecule has 1 saturated carbocycles. The molecule has 1 aromatic rings. The fourth-order valence-electron chi connectivity index (χ4n) is 1.88. The molecule has 0 radical (unpaired) electrons. The normalized spacial score (nSPS) is 16.9. The van der Waals surface area contributed by atoms with Gasteiger partial charge in [0.1, 0.15) is 0 Å². The summed E-state index contributed by atoms with van der Waals surface area (Å²) in [7, 11) is 0. The lowest BCUT2D eigenvalue weighted by Crippen LogP contribution is -2.35. The van der Waals surface area contributed by atoms with Gasteiger partial charge in [0.2, 0.25) is 0 Å². The van der Waals surface area contributed by atoms with Crippen LogP contribution in [0.3, 0.4) is 0 Å². The molecule has 5 heteroatoms. The lowest BCUT2D eigenvalue weighted by molar-refractivity contribution is -0.138. The summed E-state index contributed by atoms with van der Waals surface area (Å²) in [4.78, 5) is 0. The number of hydrogen-bond donors (Lipinski definition) is 2. The van der Waals surface area contributed by atoms with Crippen LogP contribution in [0.4, 0.5) is 18.9 Å². The number of nitrogens with two attached hydrogens (primary N) is 1. The molecule has 1 aliphatic carbocycles. The monoisotopic (exact) mass is 244 g/mol. The number of alkyl halides is 3. The number of nitrogens with one attached hydrogen (secondary N) is 1. The van der Waals surface area contributed by atoms with Crippen molar-refractivity contribution in [1.82, 2.24) is 5.32 Å². The molecule has 0 aromatic heterocycles. The van der Waals surface area contributed by atoms with E-state index >= 15 is 0 Å². The number of nitrogen functional groups attached to an aromatic ring is 1. The van der Waals surface area contributed by atoms with Crippen molar-refractivity contribution in [1.29, 1.82) is 0 Å². The Morgan fingerprint density at radius 2 is 2.00 bits per heavy atom. The Morgan fingerprint density at radius 1 is 1.29 bits per heavy atom. The predicted molar refractivity (Wildman–Crippen MR) is 60.3 cm³/mol.